The molecule has 1 aromatic carbocycles. The van der Waals surface area contributed by atoms with Crippen molar-refractivity contribution in [2.75, 3.05) is 25.5 Å². The second-order valence-electron chi connectivity index (χ2n) is 5.50. The number of aromatic nitrogens is 1. The molecule has 2 amide bonds. The number of esters is 1. The van der Waals surface area contributed by atoms with Crippen molar-refractivity contribution in [3.8, 4) is 0 Å². The van der Waals surface area contributed by atoms with Crippen LogP contribution in [-0.4, -0.2) is 47.9 Å². The van der Waals surface area contributed by atoms with Crippen LogP contribution in [0, 0.1) is 13.8 Å². The van der Waals surface area contributed by atoms with Crippen LogP contribution in [0.25, 0.3) is 0 Å². The highest BCUT2D eigenvalue weighted by Gasteiger charge is 2.19. The van der Waals surface area contributed by atoms with Gasteiger partial charge in [-0.15, -0.1) is 11.3 Å². The number of carbonyl (C=O) groups is 3. The molecule has 2 rings (SSSR count). The molecule has 0 atom stereocenters. The predicted molar refractivity (Wildman–Crippen MR) is 99.6 cm³/mol. The third kappa shape index (κ3) is 5.27. The maximum Gasteiger partial charge on any atom is 0.350 e. The molecule has 9 heteroatoms. The molecule has 0 aliphatic carbocycles. The van der Waals surface area contributed by atoms with Crippen LogP contribution in [0.1, 0.15) is 20.4 Å². The minimum Gasteiger partial charge on any atom is -0.451 e. The van der Waals surface area contributed by atoms with Gasteiger partial charge in [-0.25, -0.2) is 9.78 Å². The normalized spacial score (nSPS) is 10.3. The summed E-state index contributed by atoms with van der Waals surface area (Å²) in [7, 11) is 1.45. The Hall–Kier alpha value is -2.45. The summed E-state index contributed by atoms with van der Waals surface area (Å²) >= 11 is 7.18. The topological polar surface area (TPSA) is 88.6 Å². The maximum atomic E-state index is 12.1. The summed E-state index contributed by atoms with van der Waals surface area (Å²) in [5, 5.41) is 3.76. The van der Waals surface area contributed by atoms with Crippen molar-refractivity contribution in [1.82, 2.24) is 9.88 Å². The lowest BCUT2D eigenvalue weighted by atomic mass is 10.3. The molecular formula is C17H18ClN3O4S. The standard InChI is InChI=1S/C17H18ClN3O4S/c1-10-16(26-11(2)19-10)17(24)25-9-15(23)21(3)8-14(22)20-13-7-5-4-6-12(13)18/h4-7H,8-9H2,1-3H3,(H,20,22). The quantitative estimate of drug-likeness (QED) is 0.759. The summed E-state index contributed by atoms with van der Waals surface area (Å²) < 4.78 is 5.01. The van der Waals surface area contributed by atoms with E-state index in [1.807, 2.05) is 0 Å². The molecule has 0 spiro atoms. The number of para-hydroxylation sites is 1. The van der Waals surface area contributed by atoms with Gasteiger partial charge in [0, 0.05) is 7.05 Å². The van der Waals surface area contributed by atoms with E-state index in [4.69, 9.17) is 16.3 Å². The van der Waals surface area contributed by atoms with Gasteiger partial charge in [0.05, 0.1) is 28.0 Å². The van der Waals surface area contributed by atoms with Gasteiger partial charge < -0.3 is 15.0 Å². The number of hydrogen-bond acceptors (Lipinski definition) is 6. The molecule has 0 bridgehead atoms. The first-order chi connectivity index (χ1) is 12.3. The molecular weight excluding hydrogens is 378 g/mol. The number of benzene rings is 1. The highest BCUT2D eigenvalue weighted by atomic mass is 35.5. The molecule has 0 radical (unpaired) electrons. The van der Waals surface area contributed by atoms with Crippen LogP contribution in [-0.2, 0) is 14.3 Å². The van der Waals surface area contributed by atoms with Crippen LogP contribution in [0.4, 0.5) is 5.69 Å². The van der Waals surface area contributed by atoms with E-state index in [2.05, 4.69) is 10.3 Å². The SMILES string of the molecule is Cc1nc(C)c(C(=O)OCC(=O)N(C)CC(=O)Nc2ccccc2Cl)s1. The van der Waals surface area contributed by atoms with Crippen molar-refractivity contribution >= 4 is 46.4 Å². The fraction of sp³-hybridized carbons (Fsp3) is 0.294. The summed E-state index contributed by atoms with van der Waals surface area (Å²) in [6.07, 6.45) is 0. The molecule has 0 saturated carbocycles. The molecule has 7 nitrogen and oxygen atoms in total. The van der Waals surface area contributed by atoms with Gasteiger partial charge in [-0.2, -0.15) is 0 Å². The number of carbonyl (C=O) groups excluding carboxylic acids is 3. The van der Waals surface area contributed by atoms with Crippen molar-refractivity contribution < 1.29 is 19.1 Å². The number of halogens is 1. The zero-order valence-corrected chi connectivity index (χ0v) is 16.1. The fourth-order valence-electron chi connectivity index (χ4n) is 2.08. The number of aryl methyl sites for hydroxylation is 2. The number of rotatable bonds is 6. The van der Waals surface area contributed by atoms with Crippen LogP contribution >= 0.6 is 22.9 Å². The monoisotopic (exact) mass is 395 g/mol. The number of hydrogen-bond donors (Lipinski definition) is 1. The molecule has 0 unspecified atom stereocenters. The first-order valence-corrected chi connectivity index (χ1v) is 8.87. The highest BCUT2D eigenvalue weighted by molar-refractivity contribution is 7.13. The Kier molecular flexibility index (Phi) is 6.70. The van der Waals surface area contributed by atoms with Gasteiger partial charge in [0.2, 0.25) is 5.91 Å². The van der Waals surface area contributed by atoms with E-state index >= 15 is 0 Å². The summed E-state index contributed by atoms with van der Waals surface area (Å²) in [6.45, 7) is 2.84. The number of nitrogens with zero attached hydrogens (tertiary/aromatic N) is 2. The van der Waals surface area contributed by atoms with Crippen molar-refractivity contribution in [3.63, 3.8) is 0 Å². The Morgan fingerprint density at radius 3 is 2.58 bits per heavy atom. The highest BCUT2D eigenvalue weighted by Crippen LogP contribution is 2.20. The van der Waals surface area contributed by atoms with Gasteiger partial charge in [0.25, 0.3) is 5.91 Å². The molecule has 0 aliphatic heterocycles. The Labute approximate surface area is 159 Å². The molecule has 1 aromatic heterocycles. The van der Waals surface area contributed by atoms with E-state index in [0.29, 0.717) is 21.3 Å². The second kappa shape index (κ2) is 8.77. The number of amides is 2. The van der Waals surface area contributed by atoms with Crippen molar-refractivity contribution in [2.45, 2.75) is 13.8 Å². The van der Waals surface area contributed by atoms with Crippen molar-refractivity contribution in [2.24, 2.45) is 0 Å². The zero-order chi connectivity index (χ0) is 19.3. The van der Waals surface area contributed by atoms with Gasteiger partial charge >= 0.3 is 5.97 Å². The predicted octanol–water partition coefficient (Wildman–Crippen LogP) is 2.67. The van der Waals surface area contributed by atoms with E-state index in [0.717, 1.165) is 5.01 Å². The summed E-state index contributed by atoms with van der Waals surface area (Å²) in [5.74, 6) is -1.50. The van der Waals surface area contributed by atoms with Crippen molar-refractivity contribution in [3.05, 3.63) is 44.9 Å². The van der Waals surface area contributed by atoms with E-state index in [-0.39, 0.29) is 6.54 Å². The lowest BCUT2D eigenvalue weighted by Crippen LogP contribution is -2.37. The lowest BCUT2D eigenvalue weighted by molar-refractivity contribution is -0.136. The third-order valence-corrected chi connectivity index (χ3v) is 4.75. The molecule has 0 fully saturated rings. The van der Waals surface area contributed by atoms with Gasteiger partial charge in [-0.1, -0.05) is 23.7 Å². The van der Waals surface area contributed by atoms with E-state index in [1.54, 1.807) is 38.1 Å². The number of ether oxygens (including phenoxy) is 1. The van der Waals surface area contributed by atoms with Gasteiger partial charge in [0.15, 0.2) is 6.61 Å². The first-order valence-electron chi connectivity index (χ1n) is 7.67. The Morgan fingerprint density at radius 2 is 1.96 bits per heavy atom. The Balaban J connectivity index is 1.83. The summed E-state index contributed by atoms with van der Waals surface area (Å²) in [6, 6.07) is 6.78. The zero-order valence-electron chi connectivity index (χ0n) is 14.5. The number of nitrogens with one attached hydrogen (secondary N) is 1. The molecule has 1 N–H and O–H groups in total. The fourth-order valence-corrected chi connectivity index (χ4v) is 3.08. The molecule has 26 heavy (non-hydrogen) atoms. The number of anilines is 1. The van der Waals surface area contributed by atoms with Gasteiger partial charge in [-0.3, -0.25) is 9.59 Å². The number of thiazole rings is 1. The smallest absolute Gasteiger partial charge is 0.350 e. The molecule has 1 heterocycles. The van der Waals surface area contributed by atoms with Crippen molar-refractivity contribution in [1.29, 1.82) is 0 Å². The van der Waals surface area contributed by atoms with E-state index < -0.39 is 24.4 Å². The second-order valence-corrected chi connectivity index (χ2v) is 7.11. The molecule has 0 saturated heterocycles. The average Bonchev–Trinajstić information content (AvgIpc) is 2.92. The largest absolute Gasteiger partial charge is 0.451 e. The van der Waals surface area contributed by atoms with Crippen LogP contribution in [0.5, 0.6) is 0 Å². The van der Waals surface area contributed by atoms with Crippen LogP contribution < -0.4 is 5.32 Å². The molecule has 0 aliphatic rings. The maximum absolute atomic E-state index is 12.1. The average molecular weight is 396 g/mol. The van der Waals surface area contributed by atoms with Crippen LogP contribution in [0.2, 0.25) is 5.02 Å². The first kappa shape index (κ1) is 19.9. The van der Waals surface area contributed by atoms with Gasteiger partial charge in [-0.05, 0) is 26.0 Å². The van der Waals surface area contributed by atoms with E-state index in [1.165, 1.54) is 23.3 Å². The Morgan fingerprint density at radius 1 is 1.27 bits per heavy atom. The third-order valence-electron chi connectivity index (χ3n) is 3.37. The molecule has 138 valence electrons. The summed E-state index contributed by atoms with van der Waals surface area (Å²) in [4.78, 5) is 41.7. The van der Waals surface area contributed by atoms with Crippen LogP contribution in [0.15, 0.2) is 24.3 Å². The van der Waals surface area contributed by atoms with E-state index in [9.17, 15) is 14.4 Å². The minimum atomic E-state index is -0.602. The number of likely N-dealkylation sites (N-methyl/N-ethyl adjacent to an activating group) is 1. The van der Waals surface area contributed by atoms with Crippen LogP contribution in [0.3, 0.4) is 0 Å². The minimum absolute atomic E-state index is 0.194. The van der Waals surface area contributed by atoms with Gasteiger partial charge in [0.1, 0.15) is 4.88 Å². The molecule has 2 aromatic rings. The lowest BCUT2D eigenvalue weighted by Gasteiger charge is -2.17. The Bertz CT molecular complexity index is 837. The summed E-state index contributed by atoms with van der Waals surface area (Å²) in [5.41, 5.74) is 1.03.